The van der Waals surface area contributed by atoms with Gasteiger partial charge in [-0.2, -0.15) is 0 Å². The molecule has 7 nitrogen and oxygen atoms in total. The van der Waals surface area contributed by atoms with Crippen LogP contribution in [-0.2, 0) is 19.1 Å². The van der Waals surface area contributed by atoms with E-state index in [1.807, 2.05) is 27.7 Å². The highest BCUT2D eigenvalue weighted by Gasteiger charge is 2.75. The summed E-state index contributed by atoms with van der Waals surface area (Å²) in [4.78, 5) is 44.4. The molecule has 3 aliphatic heterocycles. The van der Waals surface area contributed by atoms with Crippen molar-refractivity contribution < 1.29 is 24.2 Å². The zero-order valence-electron chi connectivity index (χ0n) is 20.0. The Morgan fingerprint density at radius 1 is 1.38 bits per heavy atom. The van der Waals surface area contributed by atoms with Crippen LogP contribution in [0, 0.1) is 17.8 Å². The number of esters is 1. The predicted octanol–water partition coefficient (Wildman–Crippen LogP) is 2.47. The molecule has 3 heterocycles. The summed E-state index contributed by atoms with van der Waals surface area (Å²) in [5.41, 5.74) is 0. The molecular formula is C24H38N2O5S. The average Bonchev–Trinajstić information content (AvgIpc) is 3.40. The summed E-state index contributed by atoms with van der Waals surface area (Å²) in [6.07, 6.45) is 3.96. The Hall–Kier alpha value is -1.54. The number of carbonyl (C=O) groups excluding carboxylic acids is 3. The van der Waals surface area contributed by atoms with E-state index in [4.69, 9.17) is 4.74 Å². The van der Waals surface area contributed by atoms with E-state index in [0.29, 0.717) is 13.0 Å². The number of nitrogens with zero attached hydrogens (tertiary/aromatic N) is 2. The number of amides is 2. The lowest BCUT2D eigenvalue weighted by atomic mass is 9.71. The fraction of sp³-hybridized carbons (Fsp3) is 0.792. The first kappa shape index (κ1) is 25.1. The van der Waals surface area contributed by atoms with Gasteiger partial charge in [0.05, 0.1) is 35.8 Å². The van der Waals surface area contributed by atoms with Crippen molar-refractivity contribution in [3.63, 3.8) is 0 Å². The van der Waals surface area contributed by atoms with E-state index in [0.717, 1.165) is 12.8 Å². The first-order valence-corrected chi connectivity index (χ1v) is 12.8. The van der Waals surface area contributed by atoms with Crippen molar-refractivity contribution in [1.82, 2.24) is 9.80 Å². The average molecular weight is 467 g/mol. The number of hydrogen-bond donors (Lipinski definition) is 1. The quantitative estimate of drug-likeness (QED) is 0.393. The van der Waals surface area contributed by atoms with Crippen molar-refractivity contribution in [2.75, 3.05) is 19.8 Å². The van der Waals surface area contributed by atoms with E-state index in [2.05, 4.69) is 6.58 Å². The number of thioether (sulfide) groups is 1. The SMILES string of the molecule is C=CCN(C(=O)C1N([C@@H](CO)[C@@H](C)CC)C(=O)[C@@H]2[C@@H](C(=O)OCC)[C@H]3CCC12S3)C(C)C. The molecular weight excluding hydrogens is 428 g/mol. The summed E-state index contributed by atoms with van der Waals surface area (Å²) in [5.74, 6) is -1.74. The van der Waals surface area contributed by atoms with E-state index < -0.39 is 28.7 Å². The molecule has 1 N–H and O–H groups in total. The molecule has 8 heteroatoms. The van der Waals surface area contributed by atoms with Crippen LogP contribution in [0.25, 0.3) is 0 Å². The minimum Gasteiger partial charge on any atom is -0.466 e. The molecule has 0 aromatic rings. The molecule has 3 rings (SSSR count). The molecule has 2 bridgehead atoms. The van der Waals surface area contributed by atoms with Crippen LogP contribution in [-0.4, -0.2) is 80.6 Å². The van der Waals surface area contributed by atoms with Gasteiger partial charge in [-0.05, 0) is 39.5 Å². The van der Waals surface area contributed by atoms with Gasteiger partial charge in [0.2, 0.25) is 11.8 Å². The van der Waals surface area contributed by atoms with Gasteiger partial charge in [0.15, 0.2) is 0 Å². The van der Waals surface area contributed by atoms with Crippen LogP contribution in [0.1, 0.15) is 53.9 Å². The van der Waals surface area contributed by atoms with E-state index in [9.17, 15) is 19.5 Å². The van der Waals surface area contributed by atoms with Gasteiger partial charge in [0.25, 0.3) is 0 Å². The largest absolute Gasteiger partial charge is 0.466 e. The molecule has 2 unspecified atom stereocenters. The lowest BCUT2D eigenvalue weighted by Gasteiger charge is -2.42. The summed E-state index contributed by atoms with van der Waals surface area (Å²) >= 11 is 1.63. The van der Waals surface area contributed by atoms with Gasteiger partial charge < -0.3 is 19.6 Å². The van der Waals surface area contributed by atoms with Gasteiger partial charge in [-0.3, -0.25) is 14.4 Å². The molecule has 0 aliphatic carbocycles. The topological polar surface area (TPSA) is 87.2 Å². The van der Waals surface area contributed by atoms with Gasteiger partial charge in [-0.1, -0.05) is 26.3 Å². The minimum atomic E-state index is -0.706. The number of hydrogen-bond acceptors (Lipinski definition) is 6. The molecule has 2 amide bonds. The molecule has 0 aromatic carbocycles. The van der Waals surface area contributed by atoms with Crippen molar-refractivity contribution in [3.05, 3.63) is 12.7 Å². The first-order valence-electron chi connectivity index (χ1n) is 11.9. The van der Waals surface area contributed by atoms with Gasteiger partial charge in [-0.25, -0.2) is 0 Å². The second kappa shape index (κ2) is 9.75. The number of likely N-dealkylation sites (tertiary alicyclic amines) is 1. The third-order valence-corrected chi connectivity index (χ3v) is 9.56. The van der Waals surface area contributed by atoms with Crippen molar-refractivity contribution in [2.45, 2.75) is 82.0 Å². The Bertz CT molecular complexity index is 759. The molecule has 180 valence electrons. The van der Waals surface area contributed by atoms with Crippen molar-refractivity contribution in [2.24, 2.45) is 17.8 Å². The Balaban J connectivity index is 2.12. The highest BCUT2D eigenvalue weighted by atomic mass is 32.2. The predicted molar refractivity (Wildman–Crippen MR) is 125 cm³/mol. The van der Waals surface area contributed by atoms with Crippen LogP contribution in [0.4, 0.5) is 0 Å². The normalized spacial score (nSPS) is 32.7. The summed E-state index contributed by atoms with van der Waals surface area (Å²) < 4.78 is 4.70. The van der Waals surface area contributed by atoms with E-state index in [1.54, 1.807) is 34.6 Å². The number of ether oxygens (including phenoxy) is 1. The Morgan fingerprint density at radius 3 is 2.59 bits per heavy atom. The van der Waals surface area contributed by atoms with Crippen LogP contribution >= 0.6 is 11.8 Å². The second-order valence-electron chi connectivity index (χ2n) is 9.56. The minimum absolute atomic E-state index is 0.0106. The summed E-state index contributed by atoms with van der Waals surface area (Å²) in [6.45, 7) is 13.9. The zero-order valence-corrected chi connectivity index (χ0v) is 20.8. The van der Waals surface area contributed by atoms with Crippen LogP contribution in [0.2, 0.25) is 0 Å². The number of aliphatic hydroxyl groups excluding tert-OH is 1. The summed E-state index contributed by atoms with van der Waals surface area (Å²) in [5, 5.41) is 10.3. The van der Waals surface area contributed by atoms with Crippen LogP contribution in [0.3, 0.4) is 0 Å². The third-order valence-electron chi connectivity index (χ3n) is 7.61. The molecule has 32 heavy (non-hydrogen) atoms. The Morgan fingerprint density at radius 2 is 2.06 bits per heavy atom. The lowest BCUT2D eigenvalue weighted by Crippen LogP contribution is -2.59. The van der Waals surface area contributed by atoms with Crippen LogP contribution < -0.4 is 0 Å². The Kier molecular flexibility index (Phi) is 7.65. The fourth-order valence-electron chi connectivity index (χ4n) is 5.90. The molecule has 0 radical (unpaired) electrons. The Labute approximate surface area is 195 Å². The van der Waals surface area contributed by atoms with E-state index in [-0.39, 0.29) is 48.2 Å². The zero-order chi connectivity index (χ0) is 23.8. The fourth-order valence-corrected chi connectivity index (χ4v) is 8.09. The monoisotopic (exact) mass is 466 g/mol. The maximum absolute atomic E-state index is 14.1. The standard InChI is InChI=1S/C24H38N2O5S/c1-7-12-25(14(4)5)22(29)20-24-11-10-17(32-24)18(23(30)31-9-3)19(24)21(28)26(20)16(13-27)15(6)8-2/h7,14-20,27H,1,8-13H2,2-6H3/t15-,16-,17+,18-,19-,20?,24?/m0/s1. The molecule has 0 aromatic heterocycles. The molecule has 3 aliphatic rings. The number of carbonyl (C=O) groups is 3. The summed E-state index contributed by atoms with van der Waals surface area (Å²) in [7, 11) is 0. The van der Waals surface area contributed by atoms with Gasteiger partial charge in [-0.15, -0.1) is 18.3 Å². The first-order chi connectivity index (χ1) is 15.2. The molecule has 3 fully saturated rings. The van der Waals surface area contributed by atoms with Gasteiger partial charge in [0, 0.05) is 17.8 Å². The third kappa shape index (κ3) is 3.77. The van der Waals surface area contributed by atoms with E-state index in [1.165, 1.54) is 0 Å². The number of rotatable bonds is 10. The summed E-state index contributed by atoms with van der Waals surface area (Å²) in [6, 6.07) is -1.24. The highest BCUT2D eigenvalue weighted by molar-refractivity contribution is 8.02. The van der Waals surface area contributed by atoms with Gasteiger partial charge in [0.1, 0.15) is 6.04 Å². The number of aliphatic hydroxyl groups is 1. The van der Waals surface area contributed by atoms with Crippen molar-refractivity contribution in [1.29, 1.82) is 0 Å². The maximum Gasteiger partial charge on any atom is 0.310 e. The van der Waals surface area contributed by atoms with Gasteiger partial charge >= 0.3 is 5.97 Å². The van der Waals surface area contributed by atoms with Crippen molar-refractivity contribution >= 4 is 29.5 Å². The second-order valence-corrected chi connectivity index (χ2v) is 11.2. The van der Waals surface area contributed by atoms with Crippen LogP contribution in [0.15, 0.2) is 12.7 Å². The molecule has 7 atom stereocenters. The molecule has 3 saturated heterocycles. The molecule has 0 saturated carbocycles. The molecule has 1 spiro atoms. The number of fused-ring (bicyclic) bond motifs is 1. The highest BCUT2D eigenvalue weighted by Crippen LogP contribution is 2.67. The van der Waals surface area contributed by atoms with Crippen LogP contribution in [0.5, 0.6) is 0 Å². The smallest absolute Gasteiger partial charge is 0.310 e. The van der Waals surface area contributed by atoms with E-state index >= 15 is 0 Å². The lowest BCUT2D eigenvalue weighted by molar-refractivity contribution is -0.154. The van der Waals surface area contributed by atoms with Crippen molar-refractivity contribution in [3.8, 4) is 0 Å². The maximum atomic E-state index is 14.1.